The Kier molecular flexibility index (Phi) is 8.06. The lowest BCUT2D eigenvalue weighted by Crippen LogP contribution is -2.53. The molecule has 0 saturated heterocycles. The van der Waals surface area contributed by atoms with Gasteiger partial charge in [-0.3, -0.25) is 9.59 Å². The molecule has 1 unspecified atom stereocenters. The van der Waals surface area contributed by atoms with Crippen LogP contribution < -0.4 is 5.32 Å². The minimum atomic E-state index is -1.34. The molecule has 1 amide bonds. The van der Waals surface area contributed by atoms with Crippen LogP contribution in [0.15, 0.2) is 0 Å². The van der Waals surface area contributed by atoms with Crippen LogP contribution in [-0.2, 0) is 14.3 Å². The normalized spacial score (nSPS) is 18.5. The zero-order valence-electron chi connectivity index (χ0n) is 16.1. The van der Waals surface area contributed by atoms with E-state index in [0.717, 1.165) is 32.1 Å². The number of amides is 1. The van der Waals surface area contributed by atoms with Gasteiger partial charge in [0.1, 0.15) is 11.7 Å². The number of Topliss-reactive ketones (excluding diaryl/α,β-unsaturated/α-hetero) is 2. The quantitative estimate of drug-likeness (QED) is 0.685. The van der Waals surface area contributed by atoms with E-state index in [1.54, 1.807) is 20.8 Å². The molecule has 0 aliphatic heterocycles. The summed E-state index contributed by atoms with van der Waals surface area (Å²) in [5.74, 6) is -1.09. The van der Waals surface area contributed by atoms with E-state index < -0.39 is 29.6 Å². The standard InChI is InChI=1S/C19H33NO5/c1-12(2)11-14(21)17(23)15(20-18(24)25-19(3,4)5)16(22)13-9-7-6-8-10-13/h12-15,21H,6-11H2,1-5H3,(H,20,24)/t14?,15-/m1/s1. The van der Waals surface area contributed by atoms with E-state index in [2.05, 4.69) is 5.32 Å². The van der Waals surface area contributed by atoms with E-state index in [9.17, 15) is 19.5 Å². The van der Waals surface area contributed by atoms with Crippen molar-refractivity contribution in [3.63, 3.8) is 0 Å². The van der Waals surface area contributed by atoms with Crippen LogP contribution in [0.1, 0.15) is 73.1 Å². The van der Waals surface area contributed by atoms with Crippen LogP contribution in [0, 0.1) is 11.8 Å². The number of carbonyl (C=O) groups excluding carboxylic acids is 3. The summed E-state index contributed by atoms with van der Waals surface area (Å²) in [7, 11) is 0. The van der Waals surface area contributed by atoms with Crippen molar-refractivity contribution in [1.82, 2.24) is 5.32 Å². The fourth-order valence-corrected chi connectivity index (χ4v) is 3.09. The van der Waals surface area contributed by atoms with Crippen molar-refractivity contribution in [3.8, 4) is 0 Å². The number of carbonyl (C=O) groups is 3. The molecule has 0 aromatic heterocycles. The van der Waals surface area contributed by atoms with Crippen molar-refractivity contribution in [2.75, 3.05) is 0 Å². The highest BCUT2D eigenvalue weighted by atomic mass is 16.6. The summed E-state index contributed by atoms with van der Waals surface area (Å²) in [5.41, 5.74) is -0.734. The van der Waals surface area contributed by atoms with Crippen molar-refractivity contribution < 1.29 is 24.2 Å². The topological polar surface area (TPSA) is 92.7 Å². The van der Waals surface area contributed by atoms with E-state index in [0.29, 0.717) is 0 Å². The van der Waals surface area contributed by atoms with Crippen LogP contribution in [-0.4, -0.2) is 40.5 Å². The Morgan fingerprint density at radius 2 is 1.68 bits per heavy atom. The number of rotatable bonds is 7. The Bertz CT molecular complexity index is 475. The van der Waals surface area contributed by atoms with Crippen molar-refractivity contribution in [3.05, 3.63) is 0 Å². The number of hydrogen-bond donors (Lipinski definition) is 2. The zero-order valence-corrected chi connectivity index (χ0v) is 16.1. The number of aliphatic hydroxyl groups excluding tert-OH is 1. The zero-order chi connectivity index (χ0) is 19.2. The second-order valence-electron chi connectivity index (χ2n) is 8.36. The number of ether oxygens (including phenoxy) is 1. The molecule has 2 N–H and O–H groups in total. The highest BCUT2D eigenvalue weighted by Crippen LogP contribution is 2.26. The first-order valence-corrected chi connectivity index (χ1v) is 9.26. The third kappa shape index (κ3) is 7.55. The third-order valence-electron chi connectivity index (χ3n) is 4.26. The Labute approximate surface area is 150 Å². The lowest BCUT2D eigenvalue weighted by Gasteiger charge is -2.28. The van der Waals surface area contributed by atoms with Gasteiger partial charge in [0.15, 0.2) is 17.6 Å². The summed E-state index contributed by atoms with van der Waals surface area (Å²) in [6.45, 7) is 8.89. The minimum Gasteiger partial charge on any atom is -0.444 e. The Balaban J connectivity index is 2.90. The van der Waals surface area contributed by atoms with Gasteiger partial charge in [-0.15, -0.1) is 0 Å². The summed E-state index contributed by atoms with van der Waals surface area (Å²) in [6, 6.07) is -1.34. The molecule has 0 aromatic carbocycles. The molecule has 0 heterocycles. The van der Waals surface area contributed by atoms with Crippen molar-refractivity contribution in [2.24, 2.45) is 11.8 Å². The number of aliphatic hydroxyl groups is 1. The molecule has 0 bridgehead atoms. The average molecular weight is 355 g/mol. The molecule has 0 radical (unpaired) electrons. The third-order valence-corrected chi connectivity index (χ3v) is 4.26. The van der Waals surface area contributed by atoms with Gasteiger partial charge in [0.05, 0.1) is 0 Å². The molecule has 6 heteroatoms. The molecule has 1 aliphatic rings. The van der Waals surface area contributed by atoms with Gasteiger partial charge >= 0.3 is 6.09 Å². The predicted molar refractivity (Wildman–Crippen MR) is 95.2 cm³/mol. The number of ketones is 2. The minimum absolute atomic E-state index is 0.103. The van der Waals surface area contributed by atoms with E-state index in [-0.39, 0.29) is 24.0 Å². The first-order valence-electron chi connectivity index (χ1n) is 9.26. The Hall–Kier alpha value is -1.43. The second kappa shape index (κ2) is 9.32. The van der Waals surface area contributed by atoms with Crippen molar-refractivity contribution >= 4 is 17.7 Å². The van der Waals surface area contributed by atoms with Crippen LogP contribution in [0.3, 0.4) is 0 Å². The largest absolute Gasteiger partial charge is 0.444 e. The smallest absolute Gasteiger partial charge is 0.408 e. The molecule has 0 aromatic rings. The first kappa shape index (κ1) is 21.6. The highest BCUT2D eigenvalue weighted by Gasteiger charge is 2.37. The highest BCUT2D eigenvalue weighted by molar-refractivity contribution is 6.10. The molecular weight excluding hydrogens is 322 g/mol. The van der Waals surface area contributed by atoms with Crippen LogP contribution in [0.5, 0.6) is 0 Å². The van der Waals surface area contributed by atoms with Crippen molar-refractivity contribution in [1.29, 1.82) is 0 Å². The first-order chi connectivity index (χ1) is 11.5. The number of alkyl carbamates (subject to hydrolysis) is 1. The van der Waals surface area contributed by atoms with Crippen LogP contribution in [0.4, 0.5) is 4.79 Å². The molecule has 2 atom stereocenters. The summed E-state index contributed by atoms with van der Waals surface area (Å²) in [6.07, 6.45) is 2.58. The van der Waals surface area contributed by atoms with Gasteiger partial charge in [-0.1, -0.05) is 33.1 Å². The van der Waals surface area contributed by atoms with E-state index in [1.165, 1.54) is 0 Å². The van der Waals surface area contributed by atoms with E-state index in [4.69, 9.17) is 4.74 Å². The van der Waals surface area contributed by atoms with Gasteiger partial charge in [0, 0.05) is 5.92 Å². The lowest BCUT2D eigenvalue weighted by atomic mass is 9.82. The van der Waals surface area contributed by atoms with Crippen LogP contribution in [0.25, 0.3) is 0 Å². The monoisotopic (exact) mass is 355 g/mol. The van der Waals surface area contributed by atoms with Gasteiger partial charge in [-0.25, -0.2) is 4.79 Å². The van der Waals surface area contributed by atoms with Gasteiger partial charge in [-0.05, 0) is 46.0 Å². The molecule has 144 valence electrons. The predicted octanol–water partition coefficient (Wildman–Crippen LogP) is 3.01. The molecule has 1 saturated carbocycles. The molecule has 6 nitrogen and oxygen atoms in total. The maximum Gasteiger partial charge on any atom is 0.408 e. The van der Waals surface area contributed by atoms with E-state index in [1.807, 2.05) is 13.8 Å². The summed E-state index contributed by atoms with van der Waals surface area (Å²) >= 11 is 0. The maximum atomic E-state index is 12.8. The average Bonchev–Trinajstić information content (AvgIpc) is 2.49. The SMILES string of the molecule is CC(C)CC(O)C(=O)[C@H](NC(=O)OC(C)(C)C)C(=O)C1CCCCC1. The van der Waals surface area contributed by atoms with Crippen LogP contribution in [0.2, 0.25) is 0 Å². The fraction of sp³-hybridized carbons (Fsp3) is 0.842. The summed E-state index contributed by atoms with van der Waals surface area (Å²) < 4.78 is 5.18. The van der Waals surface area contributed by atoms with E-state index >= 15 is 0 Å². The van der Waals surface area contributed by atoms with Crippen molar-refractivity contribution in [2.45, 2.75) is 90.9 Å². The van der Waals surface area contributed by atoms with Gasteiger partial charge in [0.2, 0.25) is 0 Å². The Morgan fingerprint density at radius 1 is 1.12 bits per heavy atom. The summed E-state index contributed by atoms with van der Waals surface area (Å²) in [5, 5.41) is 12.6. The second-order valence-corrected chi connectivity index (χ2v) is 8.36. The Morgan fingerprint density at radius 3 is 2.16 bits per heavy atom. The van der Waals surface area contributed by atoms with Gasteiger partial charge in [0.25, 0.3) is 0 Å². The van der Waals surface area contributed by atoms with Crippen LogP contribution >= 0.6 is 0 Å². The molecular formula is C19H33NO5. The molecule has 0 spiro atoms. The lowest BCUT2D eigenvalue weighted by molar-refractivity contribution is -0.138. The van der Waals surface area contributed by atoms with Gasteiger partial charge < -0.3 is 15.2 Å². The molecule has 1 aliphatic carbocycles. The molecule has 25 heavy (non-hydrogen) atoms. The fourth-order valence-electron chi connectivity index (χ4n) is 3.09. The molecule has 1 fully saturated rings. The number of nitrogens with one attached hydrogen (secondary N) is 1. The number of hydrogen-bond acceptors (Lipinski definition) is 5. The molecule has 1 rings (SSSR count). The van der Waals surface area contributed by atoms with Gasteiger partial charge in [-0.2, -0.15) is 0 Å². The maximum absolute atomic E-state index is 12.8. The summed E-state index contributed by atoms with van der Waals surface area (Å²) in [4.78, 5) is 37.5.